The van der Waals surface area contributed by atoms with Crippen molar-refractivity contribution in [2.24, 2.45) is 0 Å². The van der Waals surface area contributed by atoms with Crippen molar-refractivity contribution in [1.82, 2.24) is 9.88 Å². The number of hydrogen-bond acceptors (Lipinski definition) is 3. The number of aromatic nitrogens is 1. The molecule has 34 heavy (non-hydrogen) atoms. The van der Waals surface area contributed by atoms with E-state index in [0.29, 0.717) is 54.9 Å². The summed E-state index contributed by atoms with van der Waals surface area (Å²) in [6, 6.07) is 12.6. The molecule has 1 unspecified atom stereocenters. The molecular formula is C26H23ClF3N3O. The zero-order valence-corrected chi connectivity index (χ0v) is 19.3. The van der Waals surface area contributed by atoms with Gasteiger partial charge in [-0.25, -0.2) is 13.2 Å². The lowest BCUT2D eigenvalue weighted by Gasteiger charge is -2.36. The van der Waals surface area contributed by atoms with E-state index in [0.717, 1.165) is 0 Å². The summed E-state index contributed by atoms with van der Waals surface area (Å²) >= 11 is 6.21. The summed E-state index contributed by atoms with van der Waals surface area (Å²) < 4.78 is 43.7. The van der Waals surface area contributed by atoms with Gasteiger partial charge in [-0.05, 0) is 42.8 Å². The number of hydrogen-bond donors (Lipinski definition) is 1. The second kappa shape index (κ2) is 8.96. The Balaban J connectivity index is 1.59. The van der Waals surface area contributed by atoms with Crippen LogP contribution in [0.2, 0.25) is 5.02 Å². The first-order chi connectivity index (χ1) is 16.3. The van der Waals surface area contributed by atoms with E-state index in [1.165, 1.54) is 19.1 Å². The van der Waals surface area contributed by atoms with Crippen molar-refractivity contribution in [3.63, 3.8) is 0 Å². The number of halogens is 4. The number of piperazine rings is 1. The minimum atomic E-state index is -0.911. The van der Waals surface area contributed by atoms with Crippen LogP contribution in [0.5, 0.6) is 0 Å². The summed E-state index contributed by atoms with van der Waals surface area (Å²) in [5.74, 6) is -0.956. The Bertz CT molecular complexity index is 1420. The van der Waals surface area contributed by atoms with Gasteiger partial charge in [0, 0.05) is 54.6 Å². The largest absolute Gasteiger partial charge is 0.367 e. The van der Waals surface area contributed by atoms with Gasteiger partial charge in [0.05, 0.1) is 16.1 Å². The Labute approximate surface area is 199 Å². The molecule has 0 spiro atoms. The molecule has 5 rings (SSSR count). The van der Waals surface area contributed by atoms with Crippen LogP contribution in [-0.4, -0.2) is 48.8 Å². The standard InChI is InChI=1S/C26H23ClF3N3O/c1-15(28)14-32-9-11-33(12-10-32)22-8-7-18-24(25(22)30)17-6-5-16(13-21(17)31-26(18)34)23-19(27)3-2-4-20(23)29/h2-8,13,15H,9-12,14H2,1H3,(H,31,34). The number of alkyl halides is 1. The number of benzene rings is 3. The lowest BCUT2D eigenvalue weighted by molar-refractivity contribution is 0.193. The van der Waals surface area contributed by atoms with Gasteiger partial charge in [-0.2, -0.15) is 0 Å². The van der Waals surface area contributed by atoms with Gasteiger partial charge in [-0.3, -0.25) is 9.69 Å². The molecule has 1 aromatic heterocycles. The second-order valence-electron chi connectivity index (χ2n) is 8.70. The molecule has 8 heteroatoms. The van der Waals surface area contributed by atoms with E-state index >= 15 is 4.39 Å². The van der Waals surface area contributed by atoms with Crippen LogP contribution in [0.25, 0.3) is 32.8 Å². The molecule has 0 aliphatic carbocycles. The number of aromatic amines is 1. The Morgan fingerprint density at radius 1 is 1.03 bits per heavy atom. The molecule has 1 aliphatic rings. The van der Waals surface area contributed by atoms with Gasteiger partial charge in [-0.15, -0.1) is 0 Å². The van der Waals surface area contributed by atoms with E-state index in [1.54, 1.807) is 36.4 Å². The van der Waals surface area contributed by atoms with Crippen LogP contribution in [-0.2, 0) is 0 Å². The molecule has 1 aliphatic heterocycles. The quantitative estimate of drug-likeness (QED) is 0.373. The van der Waals surface area contributed by atoms with Gasteiger partial charge in [0.2, 0.25) is 0 Å². The maximum absolute atomic E-state index is 15.9. The van der Waals surface area contributed by atoms with Gasteiger partial charge in [-0.1, -0.05) is 29.8 Å². The van der Waals surface area contributed by atoms with E-state index in [-0.39, 0.29) is 21.4 Å². The van der Waals surface area contributed by atoms with Crippen molar-refractivity contribution in [3.8, 4) is 11.1 Å². The van der Waals surface area contributed by atoms with Crippen LogP contribution in [0, 0.1) is 11.6 Å². The first-order valence-corrected chi connectivity index (χ1v) is 11.6. The topological polar surface area (TPSA) is 39.3 Å². The summed E-state index contributed by atoms with van der Waals surface area (Å²) in [7, 11) is 0. The third-order valence-corrected chi connectivity index (χ3v) is 6.69. The number of nitrogens with one attached hydrogen (secondary N) is 1. The van der Waals surface area contributed by atoms with E-state index in [4.69, 9.17) is 11.6 Å². The highest BCUT2D eigenvalue weighted by atomic mass is 35.5. The first-order valence-electron chi connectivity index (χ1n) is 11.2. The molecule has 4 aromatic rings. The van der Waals surface area contributed by atoms with Crippen molar-refractivity contribution in [2.75, 3.05) is 37.6 Å². The van der Waals surface area contributed by atoms with Crippen LogP contribution in [0.4, 0.5) is 18.9 Å². The number of rotatable bonds is 4. The van der Waals surface area contributed by atoms with Crippen LogP contribution in [0.15, 0.2) is 53.3 Å². The number of nitrogens with zero attached hydrogens (tertiary/aromatic N) is 2. The monoisotopic (exact) mass is 485 g/mol. The van der Waals surface area contributed by atoms with Crippen LogP contribution >= 0.6 is 11.6 Å². The molecular weight excluding hydrogens is 463 g/mol. The van der Waals surface area contributed by atoms with Crippen molar-refractivity contribution in [1.29, 1.82) is 0 Å². The van der Waals surface area contributed by atoms with E-state index < -0.39 is 23.4 Å². The molecule has 3 aromatic carbocycles. The fourth-order valence-electron chi connectivity index (χ4n) is 4.77. The third kappa shape index (κ3) is 4.03. The van der Waals surface area contributed by atoms with E-state index in [1.807, 2.05) is 9.80 Å². The maximum Gasteiger partial charge on any atom is 0.256 e. The summed E-state index contributed by atoms with van der Waals surface area (Å²) in [6.45, 7) is 4.29. The maximum atomic E-state index is 15.9. The Morgan fingerprint density at radius 3 is 2.47 bits per heavy atom. The number of pyridine rings is 1. The van der Waals surface area contributed by atoms with Gasteiger partial charge < -0.3 is 9.88 Å². The summed E-state index contributed by atoms with van der Waals surface area (Å²) in [5, 5.41) is 1.24. The van der Waals surface area contributed by atoms with Crippen LogP contribution in [0.3, 0.4) is 0 Å². The van der Waals surface area contributed by atoms with Gasteiger partial charge in [0.1, 0.15) is 12.0 Å². The van der Waals surface area contributed by atoms with Gasteiger partial charge in [0.15, 0.2) is 5.82 Å². The number of fused-ring (bicyclic) bond motifs is 3. The van der Waals surface area contributed by atoms with Crippen LogP contribution < -0.4 is 10.5 Å². The SMILES string of the molecule is CC(F)CN1CCN(c2ccc3c(=O)[nH]c4cc(-c5c(F)cccc5Cl)ccc4c3c2F)CC1. The molecule has 0 bridgehead atoms. The molecule has 1 atom stereocenters. The molecule has 0 radical (unpaired) electrons. The predicted octanol–water partition coefficient (Wildman–Crippen LogP) is 5.76. The van der Waals surface area contributed by atoms with Crippen molar-refractivity contribution in [2.45, 2.75) is 13.1 Å². The zero-order chi connectivity index (χ0) is 24.0. The molecule has 4 nitrogen and oxygen atoms in total. The van der Waals surface area contributed by atoms with Crippen LogP contribution in [0.1, 0.15) is 6.92 Å². The smallest absolute Gasteiger partial charge is 0.256 e. The molecule has 2 heterocycles. The molecule has 1 N–H and O–H groups in total. The predicted molar refractivity (Wildman–Crippen MR) is 132 cm³/mol. The Kier molecular flexibility index (Phi) is 6.00. The highest BCUT2D eigenvalue weighted by Gasteiger charge is 2.23. The Morgan fingerprint density at radius 2 is 1.76 bits per heavy atom. The van der Waals surface area contributed by atoms with Crippen molar-refractivity contribution >= 4 is 39.0 Å². The average Bonchev–Trinajstić information content (AvgIpc) is 2.79. The summed E-state index contributed by atoms with van der Waals surface area (Å²) in [4.78, 5) is 19.5. The zero-order valence-electron chi connectivity index (χ0n) is 18.5. The molecule has 176 valence electrons. The fraction of sp³-hybridized carbons (Fsp3) is 0.269. The third-order valence-electron chi connectivity index (χ3n) is 6.38. The average molecular weight is 486 g/mol. The minimum absolute atomic E-state index is 0.224. The molecule has 1 saturated heterocycles. The molecule has 1 fully saturated rings. The lowest BCUT2D eigenvalue weighted by Crippen LogP contribution is -2.48. The van der Waals surface area contributed by atoms with E-state index in [9.17, 15) is 13.6 Å². The Hall–Kier alpha value is -3.03. The molecule has 0 saturated carbocycles. The highest BCUT2D eigenvalue weighted by Crippen LogP contribution is 2.35. The van der Waals surface area contributed by atoms with Gasteiger partial charge in [0.25, 0.3) is 5.56 Å². The normalized spacial score (nSPS) is 15.9. The fourth-order valence-corrected chi connectivity index (χ4v) is 5.05. The number of H-pyrrole nitrogens is 1. The number of anilines is 1. The summed E-state index contributed by atoms with van der Waals surface area (Å²) in [6.07, 6.45) is -0.911. The van der Waals surface area contributed by atoms with E-state index in [2.05, 4.69) is 4.98 Å². The van der Waals surface area contributed by atoms with Crippen molar-refractivity contribution in [3.05, 3.63) is 75.5 Å². The lowest BCUT2D eigenvalue weighted by atomic mass is 9.99. The summed E-state index contributed by atoms with van der Waals surface area (Å²) in [5.41, 5.74) is 1.09. The minimum Gasteiger partial charge on any atom is -0.367 e. The van der Waals surface area contributed by atoms with Gasteiger partial charge >= 0.3 is 0 Å². The first kappa shape index (κ1) is 22.7. The second-order valence-corrected chi connectivity index (χ2v) is 9.11. The molecule has 0 amide bonds. The van der Waals surface area contributed by atoms with Crippen molar-refractivity contribution < 1.29 is 13.2 Å². The highest BCUT2D eigenvalue weighted by molar-refractivity contribution is 6.33.